The normalized spacial score (nSPS) is 12.5. The average Bonchev–Trinajstić information content (AvgIpc) is 4.00. The standard InChI is InChI=1S/C52H34N6O/c1-6-16-44-39(11-1)40-12-2-7-17-45(40)57(44)37-29-25-34(26-30-37)50-54-49(33-21-23-36(24-22-33)52-53-43-15-5-10-20-48(43)59-52)55-51(56-50)35-27-31-38(32-28-35)58-46-18-8-3-13-41(46)42-14-4-9-19-47(42)58/h1-3,5-13,15-32H,4,14H2. The van der Waals surface area contributed by atoms with E-state index in [-0.39, 0.29) is 0 Å². The number of hydrogen-bond acceptors (Lipinski definition) is 5. The van der Waals surface area contributed by atoms with Crippen LogP contribution in [0.3, 0.4) is 0 Å². The minimum absolute atomic E-state index is 0.574. The molecule has 0 fully saturated rings. The Labute approximate surface area is 339 Å². The highest BCUT2D eigenvalue weighted by atomic mass is 16.3. The van der Waals surface area contributed by atoms with Gasteiger partial charge in [-0.05, 0) is 115 Å². The van der Waals surface area contributed by atoms with Gasteiger partial charge in [-0.1, -0.05) is 84.9 Å². The minimum atomic E-state index is 0.574. The predicted molar refractivity (Wildman–Crippen MR) is 238 cm³/mol. The third-order valence-electron chi connectivity index (χ3n) is 11.5. The van der Waals surface area contributed by atoms with Crippen LogP contribution in [-0.2, 0) is 6.42 Å². The summed E-state index contributed by atoms with van der Waals surface area (Å²) in [6, 6.07) is 58.8. The fourth-order valence-electron chi connectivity index (χ4n) is 8.71. The molecule has 278 valence electrons. The lowest BCUT2D eigenvalue weighted by atomic mass is 10.0. The molecule has 0 saturated heterocycles. The summed E-state index contributed by atoms with van der Waals surface area (Å²) in [5.74, 6) is 2.36. The smallest absolute Gasteiger partial charge is 0.227 e. The second-order valence-corrected chi connectivity index (χ2v) is 15.0. The van der Waals surface area contributed by atoms with Crippen molar-refractivity contribution in [1.29, 1.82) is 0 Å². The number of fused-ring (bicyclic) bond motifs is 7. The largest absolute Gasteiger partial charge is 0.436 e. The molecule has 7 aromatic carbocycles. The van der Waals surface area contributed by atoms with Gasteiger partial charge in [-0.3, -0.25) is 0 Å². The summed E-state index contributed by atoms with van der Waals surface area (Å²) >= 11 is 0. The van der Waals surface area contributed by atoms with Gasteiger partial charge in [-0.15, -0.1) is 0 Å². The lowest BCUT2D eigenvalue weighted by Crippen LogP contribution is -2.02. The molecule has 0 amide bonds. The van der Waals surface area contributed by atoms with Crippen LogP contribution in [0.5, 0.6) is 0 Å². The summed E-state index contributed by atoms with van der Waals surface area (Å²) in [7, 11) is 0. The van der Waals surface area contributed by atoms with Crippen molar-refractivity contribution in [2.45, 2.75) is 12.8 Å². The molecule has 0 bridgehead atoms. The zero-order chi connectivity index (χ0) is 38.9. The first-order chi connectivity index (χ1) is 29.2. The first-order valence-corrected chi connectivity index (χ1v) is 19.9. The van der Waals surface area contributed by atoms with Crippen molar-refractivity contribution in [1.82, 2.24) is 29.1 Å². The Hall–Kier alpha value is -7.90. The van der Waals surface area contributed by atoms with Crippen LogP contribution >= 0.6 is 0 Å². The van der Waals surface area contributed by atoms with Crippen LogP contribution in [0.25, 0.3) is 107 Å². The number of hydrogen-bond donors (Lipinski definition) is 0. The van der Waals surface area contributed by atoms with E-state index >= 15 is 0 Å². The van der Waals surface area contributed by atoms with Crippen LogP contribution in [0.2, 0.25) is 0 Å². The Morgan fingerprint density at radius 2 is 0.898 bits per heavy atom. The number of para-hydroxylation sites is 5. The molecule has 4 heterocycles. The predicted octanol–water partition coefficient (Wildman–Crippen LogP) is 12.7. The molecule has 0 saturated carbocycles. The molecule has 0 atom stereocenters. The number of rotatable bonds is 6. The van der Waals surface area contributed by atoms with E-state index in [0.29, 0.717) is 23.4 Å². The molecule has 1 aliphatic rings. The summed E-state index contributed by atoms with van der Waals surface area (Å²) in [5.41, 5.74) is 13.5. The molecule has 4 aromatic heterocycles. The van der Waals surface area contributed by atoms with E-state index in [0.717, 1.165) is 57.6 Å². The Kier molecular flexibility index (Phi) is 7.53. The lowest BCUT2D eigenvalue weighted by molar-refractivity contribution is 0.620. The number of aromatic nitrogens is 6. The van der Waals surface area contributed by atoms with Gasteiger partial charge in [0.25, 0.3) is 0 Å². The zero-order valence-corrected chi connectivity index (χ0v) is 31.8. The van der Waals surface area contributed by atoms with Gasteiger partial charge in [0.1, 0.15) is 5.52 Å². The van der Waals surface area contributed by atoms with Crippen molar-refractivity contribution in [2.75, 3.05) is 0 Å². The van der Waals surface area contributed by atoms with E-state index < -0.39 is 0 Å². The fourth-order valence-corrected chi connectivity index (χ4v) is 8.71. The third kappa shape index (κ3) is 5.51. The van der Waals surface area contributed by atoms with Crippen LogP contribution in [0.15, 0.2) is 180 Å². The van der Waals surface area contributed by atoms with E-state index in [1.165, 1.54) is 44.0 Å². The maximum atomic E-state index is 6.07. The maximum absolute atomic E-state index is 6.07. The van der Waals surface area contributed by atoms with Gasteiger partial charge in [-0.2, -0.15) is 0 Å². The van der Waals surface area contributed by atoms with Crippen molar-refractivity contribution < 1.29 is 4.42 Å². The van der Waals surface area contributed by atoms with Crippen molar-refractivity contribution in [3.8, 4) is 57.0 Å². The molecule has 0 unspecified atom stereocenters. The molecule has 0 N–H and O–H groups in total. The molecular formula is C52H34N6O. The summed E-state index contributed by atoms with van der Waals surface area (Å²) < 4.78 is 10.8. The van der Waals surface area contributed by atoms with E-state index in [1.54, 1.807) is 0 Å². The second-order valence-electron chi connectivity index (χ2n) is 15.0. The second kappa shape index (κ2) is 13.4. The van der Waals surface area contributed by atoms with Gasteiger partial charge in [0.15, 0.2) is 23.1 Å². The average molecular weight is 759 g/mol. The number of allylic oxidation sites excluding steroid dienone is 1. The summed E-state index contributed by atoms with van der Waals surface area (Å²) in [6.07, 6.45) is 6.64. The highest BCUT2D eigenvalue weighted by Gasteiger charge is 2.20. The first-order valence-electron chi connectivity index (χ1n) is 19.9. The van der Waals surface area contributed by atoms with Crippen molar-refractivity contribution >= 4 is 49.9 Å². The molecule has 0 aliphatic heterocycles. The summed E-state index contributed by atoms with van der Waals surface area (Å²) in [6.45, 7) is 0. The van der Waals surface area contributed by atoms with Gasteiger partial charge in [-0.25, -0.2) is 19.9 Å². The topological polar surface area (TPSA) is 74.6 Å². The van der Waals surface area contributed by atoms with Gasteiger partial charge in [0.2, 0.25) is 5.89 Å². The number of nitrogens with zero attached hydrogens (tertiary/aromatic N) is 6. The minimum Gasteiger partial charge on any atom is -0.436 e. The van der Waals surface area contributed by atoms with E-state index in [4.69, 9.17) is 24.4 Å². The van der Waals surface area contributed by atoms with Crippen molar-refractivity contribution in [3.05, 3.63) is 187 Å². The van der Waals surface area contributed by atoms with Crippen LogP contribution < -0.4 is 0 Å². The molecular weight excluding hydrogens is 725 g/mol. The van der Waals surface area contributed by atoms with Crippen molar-refractivity contribution in [3.63, 3.8) is 0 Å². The van der Waals surface area contributed by atoms with Crippen LogP contribution in [0.4, 0.5) is 0 Å². The Bertz CT molecular complexity index is 3340. The Morgan fingerprint density at radius 1 is 0.424 bits per heavy atom. The summed E-state index contributed by atoms with van der Waals surface area (Å²) in [5, 5.41) is 3.77. The van der Waals surface area contributed by atoms with Crippen molar-refractivity contribution in [2.24, 2.45) is 0 Å². The Morgan fingerprint density at radius 3 is 1.49 bits per heavy atom. The van der Waals surface area contributed by atoms with Gasteiger partial charge >= 0.3 is 0 Å². The van der Waals surface area contributed by atoms with Gasteiger partial charge in [0.05, 0.1) is 16.6 Å². The SMILES string of the molecule is C1=Cc2c(c3ccccc3n2-c2ccc(-c3nc(-c4ccc(-c5nc6ccccc6o5)cc4)nc(-c4ccc(-n5c6ccccc6c6ccccc65)cc4)n3)cc2)CC1. The lowest BCUT2D eigenvalue weighted by Gasteiger charge is -2.13. The first kappa shape index (κ1) is 33.3. The summed E-state index contributed by atoms with van der Waals surface area (Å²) in [4.78, 5) is 20.0. The van der Waals surface area contributed by atoms with Crippen LogP contribution in [0.1, 0.15) is 17.7 Å². The van der Waals surface area contributed by atoms with Crippen LogP contribution in [-0.4, -0.2) is 29.1 Å². The maximum Gasteiger partial charge on any atom is 0.227 e. The molecule has 0 spiro atoms. The van der Waals surface area contributed by atoms with E-state index in [1.807, 2.05) is 48.5 Å². The van der Waals surface area contributed by atoms with E-state index in [9.17, 15) is 0 Å². The van der Waals surface area contributed by atoms with Gasteiger partial charge < -0.3 is 13.6 Å². The zero-order valence-electron chi connectivity index (χ0n) is 31.8. The number of aryl methyl sites for hydroxylation is 1. The molecule has 59 heavy (non-hydrogen) atoms. The molecule has 12 rings (SSSR count). The highest BCUT2D eigenvalue weighted by molar-refractivity contribution is 6.09. The van der Waals surface area contributed by atoms with E-state index in [2.05, 4.69) is 143 Å². The number of oxazole rings is 1. The van der Waals surface area contributed by atoms with Gasteiger partial charge in [0, 0.05) is 55.5 Å². The molecule has 0 radical (unpaired) electrons. The molecule has 1 aliphatic carbocycles. The number of benzene rings is 7. The fraction of sp³-hybridized carbons (Fsp3) is 0.0385. The quantitative estimate of drug-likeness (QED) is 0.169. The molecule has 7 nitrogen and oxygen atoms in total. The highest BCUT2D eigenvalue weighted by Crippen LogP contribution is 2.36. The monoisotopic (exact) mass is 758 g/mol. The van der Waals surface area contributed by atoms with Crippen LogP contribution in [0, 0.1) is 0 Å². The Balaban J connectivity index is 0.958. The third-order valence-corrected chi connectivity index (χ3v) is 11.5. The molecule has 7 heteroatoms. The molecule has 11 aromatic rings.